The lowest BCUT2D eigenvalue weighted by molar-refractivity contribution is -0.130. The second kappa shape index (κ2) is 7.40. The predicted octanol–water partition coefficient (Wildman–Crippen LogP) is 2.52. The van der Waals surface area contributed by atoms with Gasteiger partial charge in [-0.05, 0) is 31.4 Å². The Bertz CT molecular complexity index is 711. The fourth-order valence-corrected chi connectivity index (χ4v) is 4.10. The van der Waals surface area contributed by atoms with Gasteiger partial charge in [-0.1, -0.05) is 30.3 Å². The Hall–Kier alpha value is -2.14. The van der Waals surface area contributed by atoms with Crippen LogP contribution >= 0.6 is 0 Å². The number of likely N-dealkylation sites (tertiary alicyclic amines) is 2. The fraction of sp³-hybridized carbons (Fsp3) is 0.500. The minimum atomic E-state index is 0.345. The van der Waals surface area contributed by atoms with Gasteiger partial charge in [0.2, 0.25) is 5.91 Å². The van der Waals surface area contributed by atoms with Crippen LogP contribution in [0.1, 0.15) is 37.1 Å². The van der Waals surface area contributed by atoms with E-state index in [2.05, 4.69) is 49.8 Å². The van der Waals surface area contributed by atoms with Gasteiger partial charge in [0.1, 0.15) is 5.82 Å². The highest BCUT2D eigenvalue weighted by Gasteiger charge is 2.31. The predicted molar refractivity (Wildman–Crippen MR) is 97.0 cm³/mol. The zero-order chi connectivity index (χ0) is 17.1. The molecule has 2 fully saturated rings. The van der Waals surface area contributed by atoms with Crippen LogP contribution in [0, 0.1) is 0 Å². The molecule has 0 spiro atoms. The lowest BCUT2D eigenvalue weighted by Gasteiger charge is -2.37. The number of hydrogen-bond donors (Lipinski definition) is 0. The van der Waals surface area contributed by atoms with E-state index in [-0.39, 0.29) is 0 Å². The molecule has 2 saturated heterocycles. The van der Waals surface area contributed by atoms with Crippen LogP contribution in [0.25, 0.3) is 0 Å². The van der Waals surface area contributed by atoms with Gasteiger partial charge in [-0.15, -0.1) is 0 Å². The lowest BCUT2D eigenvalue weighted by Crippen LogP contribution is -2.48. The largest absolute Gasteiger partial charge is 0.338 e. The number of piperidine rings is 1. The molecule has 5 nitrogen and oxygen atoms in total. The molecular formula is C20H26N4O. The van der Waals surface area contributed by atoms with Gasteiger partial charge >= 0.3 is 0 Å². The molecule has 1 amide bonds. The number of nitrogens with zero attached hydrogens (tertiary/aromatic N) is 4. The first-order valence-corrected chi connectivity index (χ1v) is 9.35. The van der Waals surface area contributed by atoms with Crippen molar-refractivity contribution < 1.29 is 4.79 Å². The molecular weight excluding hydrogens is 312 g/mol. The Balaban J connectivity index is 1.40. The van der Waals surface area contributed by atoms with Crippen LogP contribution in [0.3, 0.4) is 0 Å². The number of carbonyl (C=O) groups excluding carboxylic acids is 1. The Labute approximate surface area is 149 Å². The summed E-state index contributed by atoms with van der Waals surface area (Å²) in [5.74, 6) is 1.45. The topological polar surface area (TPSA) is 41.4 Å². The molecule has 2 aliphatic rings. The molecule has 25 heavy (non-hydrogen) atoms. The number of rotatable bonds is 5. The standard InChI is InChI=1S/C20H26N4O/c25-20-9-5-12-24(20)18-8-4-11-22(15-18)16-19-21-10-13-23(19)14-17-6-2-1-3-7-17/h1-3,6-7,10,13,18H,4-5,8-9,11-12,14-16H2. The van der Waals surface area contributed by atoms with Crippen molar-refractivity contribution in [3.63, 3.8) is 0 Å². The summed E-state index contributed by atoms with van der Waals surface area (Å²) in [7, 11) is 0. The third-order valence-corrected chi connectivity index (χ3v) is 5.39. The van der Waals surface area contributed by atoms with Crippen LogP contribution in [-0.2, 0) is 17.9 Å². The van der Waals surface area contributed by atoms with E-state index >= 15 is 0 Å². The monoisotopic (exact) mass is 338 g/mol. The van der Waals surface area contributed by atoms with Gasteiger partial charge in [0.05, 0.1) is 6.54 Å². The van der Waals surface area contributed by atoms with E-state index < -0.39 is 0 Å². The van der Waals surface area contributed by atoms with E-state index in [0.717, 1.165) is 64.2 Å². The molecule has 132 valence electrons. The summed E-state index contributed by atoms with van der Waals surface area (Å²) >= 11 is 0. The van der Waals surface area contributed by atoms with Gasteiger partial charge in [-0.2, -0.15) is 0 Å². The summed E-state index contributed by atoms with van der Waals surface area (Å²) in [5.41, 5.74) is 1.29. The van der Waals surface area contributed by atoms with Gasteiger partial charge in [0.25, 0.3) is 0 Å². The Morgan fingerprint density at radius 2 is 1.96 bits per heavy atom. The number of amides is 1. The SMILES string of the molecule is O=C1CCCN1C1CCCN(Cc2nccn2Cc2ccccc2)C1. The first-order valence-electron chi connectivity index (χ1n) is 9.35. The average molecular weight is 338 g/mol. The molecule has 1 aromatic heterocycles. The lowest BCUT2D eigenvalue weighted by atomic mass is 10.0. The summed E-state index contributed by atoms with van der Waals surface area (Å²) in [5, 5.41) is 0. The second-order valence-electron chi connectivity index (χ2n) is 7.18. The van der Waals surface area contributed by atoms with Gasteiger partial charge in [-0.3, -0.25) is 9.69 Å². The molecule has 3 heterocycles. The molecule has 0 radical (unpaired) electrons. The number of benzene rings is 1. The van der Waals surface area contributed by atoms with Crippen LogP contribution in [0.15, 0.2) is 42.7 Å². The number of aromatic nitrogens is 2. The first-order chi connectivity index (χ1) is 12.3. The van der Waals surface area contributed by atoms with E-state index in [0.29, 0.717) is 11.9 Å². The molecule has 1 unspecified atom stereocenters. The first kappa shape index (κ1) is 16.3. The van der Waals surface area contributed by atoms with E-state index in [4.69, 9.17) is 0 Å². The van der Waals surface area contributed by atoms with E-state index in [1.165, 1.54) is 5.56 Å². The molecule has 2 aromatic rings. The minimum Gasteiger partial charge on any atom is -0.338 e. The minimum absolute atomic E-state index is 0.345. The van der Waals surface area contributed by atoms with Crippen molar-refractivity contribution in [3.05, 3.63) is 54.1 Å². The van der Waals surface area contributed by atoms with Crippen LogP contribution in [0.4, 0.5) is 0 Å². The number of hydrogen-bond acceptors (Lipinski definition) is 3. The van der Waals surface area contributed by atoms with Crippen molar-refractivity contribution in [1.29, 1.82) is 0 Å². The quantitative estimate of drug-likeness (QED) is 0.841. The molecule has 5 heteroatoms. The van der Waals surface area contributed by atoms with Gasteiger partial charge in [0, 0.05) is 44.5 Å². The Morgan fingerprint density at radius 3 is 2.76 bits per heavy atom. The van der Waals surface area contributed by atoms with Crippen molar-refractivity contribution in [2.45, 2.75) is 44.8 Å². The molecule has 0 bridgehead atoms. The summed E-state index contributed by atoms with van der Waals surface area (Å²) in [6.45, 7) is 4.73. The molecule has 1 atom stereocenters. The molecule has 0 aliphatic carbocycles. The van der Waals surface area contributed by atoms with E-state index in [1.54, 1.807) is 0 Å². The molecule has 0 saturated carbocycles. The fourth-order valence-electron chi connectivity index (χ4n) is 4.10. The van der Waals surface area contributed by atoms with Crippen molar-refractivity contribution in [1.82, 2.24) is 19.4 Å². The number of imidazole rings is 1. The average Bonchev–Trinajstić information content (AvgIpc) is 3.25. The van der Waals surface area contributed by atoms with E-state index in [1.807, 2.05) is 12.3 Å². The third-order valence-electron chi connectivity index (χ3n) is 5.39. The molecule has 2 aliphatic heterocycles. The van der Waals surface area contributed by atoms with Crippen LogP contribution < -0.4 is 0 Å². The Morgan fingerprint density at radius 1 is 1.08 bits per heavy atom. The summed E-state index contributed by atoms with van der Waals surface area (Å²) < 4.78 is 2.24. The maximum atomic E-state index is 12.0. The van der Waals surface area contributed by atoms with Crippen LogP contribution in [-0.4, -0.2) is 50.9 Å². The zero-order valence-electron chi connectivity index (χ0n) is 14.7. The maximum Gasteiger partial charge on any atom is 0.222 e. The Kier molecular flexibility index (Phi) is 4.83. The molecule has 4 rings (SSSR count). The highest BCUT2D eigenvalue weighted by Crippen LogP contribution is 2.22. The van der Waals surface area contributed by atoms with Crippen molar-refractivity contribution >= 4 is 5.91 Å². The third kappa shape index (κ3) is 3.76. The summed E-state index contributed by atoms with van der Waals surface area (Å²) in [6.07, 6.45) is 8.01. The maximum absolute atomic E-state index is 12.0. The summed E-state index contributed by atoms with van der Waals surface area (Å²) in [4.78, 5) is 21.2. The molecule has 1 aromatic carbocycles. The van der Waals surface area contributed by atoms with Crippen molar-refractivity contribution in [2.75, 3.05) is 19.6 Å². The van der Waals surface area contributed by atoms with Crippen LogP contribution in [0.2, 0.25) is 0 Å². The van der Waals surface area contributed by atoms with Crippen LogP contribution in [0.5, 0.6) is 0 Å². The smallest absolute Gasteiger partial charge is 0.222 e. The van der Waals surface area contributed by atoms with Gasteiger partial charge in [-0.25, -0.2) is 4.98 Å². The molecule has 0 N–H and O–H groups in total. The van der Waals surface area contributed by atoms with Gasteiger partial charge in [0.15, 0.2) is 0 Å². The van der Waals surface area contributed by atoms with Crippen molar-refractivity contribution in [3.8, 4) is 0 Å². The second-order valence-corrected chi connectivity index (χ2v) is 7.18. The highest BCUT2D eigenvalue weighted by atomic mass is 16.2. The zero-order valence-corrected chi connectivity index (χ0v) is 14.7. The number of carbonyl (C=O) groups is 1. The van der Waals surface area contributed by atoms with E-state index in [9.17, 15) is 4.79 Å². The highest BCUT2D eigenvalue weighted by molar-refractivity contribution is 5.78. The summed E-state index contributed by atoms with van der Waals surface area (Å²) in [6, 6.07) is 10.9. The van der Waals surface area contributed by atoms with Crippen molar-refractivity contribution in [2.24, 2.45) is 0 Å². The van der Waals surface area contributed by atoms with Gasteiger partial charge < -0.3 is 9.47 Å². The normalized spacial score (nSPS) is 21.8.